The van der Waals surface area contributed by atoms with E-state index >= 15 is 0 Å². The number of para-hydroxylation sites is 2. The lowest BCUT2D eigenvalue weighted by atomic mass is 10.1. The molecule has 2 heterocycles. The second-order valence-corrected chi connectivity index (χ2v) is 7.28. The molecule has 2 aromatic rings. The van der Waals surface area contributed by atoms with Crippen molar-refractivity contribution in [2.45, 2.75) is 31.3 Å². The molecule has 0 aromatic heterocycles. The lowest BCUT2D eigenvalue weighted by Gasteiger charge is -2.32. The fraction of sp³-hybridized carbons (Fsp3) is 0.300. The fourth-order valence-corrected chi connectivity index (χ4v) is 4.07. The van der Waals surface area contributed by atoms with E-state index in [9.17, 15) is 14.0 Å². The molecule has 2 amide bonds. The van der Waals surface area contributed by atoms with Crippen molar-refractivity contribution in [3.63, 3.8) is 0 Å². The molecule has 1 fully saturated rings. The Kier molecular flexibility index (Phi) is 4.74. The van der Waals surface area contributed by atoms with Gasteiger partial charge in [-0.25, -0.2) is 4.39 Å². The monoisotopic (exact) mass is 387 g/mol. The highest BCUT2D eigenvalue weighted by molar-refractivity contribution is 6.31. The number of fused-ring (bicyclic) bond motifs is 3. The Balaban J connectivity index is 1.39. The van der Waals surface area contributed by atoms with Crippen LogP contribution in [0.1, 0.15) is 18.4 Å². The molecule has 0 aliphatic carbocycles. The maximum absolute atomic E-state index is 13.8. The van der Waals surface area contributed by atoms with E-state index in [0.29, 0.717) is 23.6 Å². The summed E-state index contributed by atoms with van der Waals surface area (Å²) in [5, 5.41) is 6.21. The van der Waals surface area contributed by atoms with Crippen molar-refractivity contribution in [3.8, 4) is 0 Å². The van der Waals surface area contributed by atoms with E-state index in [-0.39, 0.29) is 36.7 Å². The van der Waals surface area contributed by atoms with Gasteiger partial charge < -0.3 is 15.5 Å². The zero-order valence-corrected chi connectivity index (χ0v) is 15.3. The molecule has 0 radical (unpaired) electrons. The first kappa shape index (κ1) is 17.8. The predicted molar refractivity (Wildman–Crippen MR) is 102 cm³/mol. The number of nitrogens with zero attached hydrogens (tertiary/aromatic N) is 1. The summed E-state index contributed by atoms with van der Waals surface area (Å²) in [6.07, 6.45) is 0.928. The zero-order chi connectivity index (χ0) is 19.0. The summed E-state index contributed by atoms with van der Waals surface area (Å²) in [5.41, 5.74) is 2.11. The summed E-state index contributed by atoms with van der Waals surface area (Å²) >= 11 is 6.01. The first-order chi connectivity index (χ1) is 13.0. The molecular weight excluding hydrogens is 369 g/mol. The van der Waals surface area contributed by atoms with Gasteiger partial charge in [0, 0.05) is 29.6 Å². The van der Waals surface area contributed by atoms with E-state index in [1.54, 1.807) is 12.1 Å². The number of amides is 2. The van der Waals surface area contributed by atoms with Crippen LogP contribution in [0.5, 0.6) is 0 Å². The van der Waals surface area contributed by atoms with Gasteiger partial charge in [0.25, 0.3) is 0 Å². The summed E-state index contributed by atoms with van der Waals surface area (Å²) < 4.78 is 13.8. The summed E-state index contributed by atoms with van der Waals surface area (Å²) in [5.74, 6) is -0.627. The quantitative estimate of drug-likeness (QED) is 0.847. The van der Waals surface area contributed by atoms with E-state index in [4.69, 9.17) is 11.6 Å². The van der Waals surface area contributed by atoms with Crippen molar-refractivity contribution < 1.29 is 14.0 Å². The third-order valence-corrected chi connectivity index (χ3v) is 5.46. The molecule has 2 aromatic carbocycles. The molecule has 0 saturated carbocycles. The van der Waals surface area contributed by atoms with Crippen LogP contribution >= 0.6 is 11.6 Å². The molecule has 1 saturated heterocycles. The first-order valence-electron chi connectivity index (χ1n) is 8.91. The number of nitrogens with one attached hydrogen (secondary N) is 2. The standard InChI is InChI=1S/C20H19ClFN3O2/c21-14-4-3-5-15(22)13(14)8-9-19(26)23-12-10-18-20(27)24-16-6-1-2-7-17(16)25(18)11-12/h1-7,12,18H,8-11H2,(H,23,26)(H,24,27). The topological polar surface area (TPSA) is 61.4 Å². The largest absolute Gasteiger partial charge is 0.356 e. The number of carbonyl (C=O) groups is 2. The van der Waals surface area contributed by atoms with Crippen LogP contribution in [0.4, 0.5) is 15.8 Å². The number of halogens is 2. The number of hydrogen-bond acceptors (Lipinski definition) is 3. The van der Waals surface area contributed by atoms with Gasteiger partial charge in [0.15, 0.2) is 0 Å². The number of benzene rings is 2. The minimum absolute atomic E-state index is 0.0522. The van der Waals surface area contributed by atoms with E-state index < -0.39 is 5.82 Å². The molecule has 2 aliphatic heterocycles. The van der Waals surface area contributed by atoms with Crippen LogP contribution in [-0.4, -0.2) is 30.4 Å². The lowest BCUT2D eigenvalue weighted by molar-refractivity contribution is -0.122. The maximum atomic E-state index is 13.8. The molecule has 0 spiro atoms. The lowest BCUT2D eigenvalue weighted by Crippen LogP contribution is -2.44. The van der Waals surface area contributed by atoms with Gasteiger partial charge in [0.1, 0.15) is 11.9 Å². The molecule has 4 rings (SSSR count). The van der Waals surface area contributed by atoms with Gasteiger partial charge in [-0.15, -0.1) is 0 Å². The average Bonchev–Trinajstić information content (AvgIpc) is 3.06. The van der Waals surface area contributed by atoms with E-state index in [0.717, 1.165) is 11.4 Å². The Labute approximate surface area is 161 Å². The maximum Gasteiger partial charge on any atom is 0.247 e. The summed E-state index contributed by atoms with van der Waals surface area (Å²) in [6.45, 7) is 0.571. The molecule has 7 heteroatoms. The normalized spacial score (nSPS) is 20.7. The van der Waals surface area contributed by atoms with Crippen LogP contribution < -0.4 is 15.5 Å². The SMILES string of the molecule is O=C(CCc1c(F)cccc1Cl)NC1CC2C(=O)Nc3ccccc3N2C1. The Hall–Kier alpha value is -2.60. The molecule has 2 N–H and O–H groups in total. The fourth-order valence-electron chi connectivity index (χ4n) is 3.81. The Morgan fingerprint density at radius 3 is 2.89 bits per heavy atom. The van der Waals surface area contributed by atoms with E-state index in [1.165, 1.54) is 6.07 Å². The van der Waals surface area contributed by atoms with Crippen molar-refractivity contribution in [2.75, 3.05) is 16.8 Å². The molecule has 5 nitrogen and oxygen atoms in total. The smallest absolute Gasteiger partial charge is 0.247 e. The third-order valence-electron chi connectivity index (χ3n) is 5.10. The Morgan fingerprint density at radius 1 is 1.26 bits per heavy atom. The summed E-state index contributed by atoms with van der Waals surface area (Å²) in [6, 6.07) is 11.7. The van der Waals surface area contributed by atoms with E-state index in [2.05, 4.69) is 10.6 Å². The zero-order valence-electron chi connectivity index (χ0n) is 14.5. The van der Waals surface area contributed by atoms with Crippen molar-refractivity contribution in [1.82, 2.24) is 5.32 Å². The molecule has 2 atom stereocenters. The Morgan fingerprint density at radius 2 is 2.07 bits per heavy atom. The van der Waals surface area contributed by atoms with Gasteiger partial charge in [-0.1, -0.05) is 29.8 Å². The summed E-state index contributed by atoms with van der Waals surface area (Å²) in [7, 11) is 0. The molecule has 140 valence electrons. The van der Waals surface area contributed by atoms with Crippen LogP contribution in [0.2, 0.25) is 5.02 Å². The van der Waals surface area contributed by atoms with Crippen LogP contribution in [0.3, 0.4) is 0 Å². The molecule has 27 heavy (non-hydrogen) atoms. The minimum atomic E-state index is -0.401. The second-order valence-electron chi connectivity index (χ2n) is 6.87. The van der Waals surface area contributed by atoms with Crippen LogP contribution in [0.25, 0.3) is 0 Å². The van der Waals surface area contributed by atoms with Crippen molar-refractivity contribution >= 4 is 34.8 Å². The molecule has 2 unspecified atom stereocenters. The van der Waals surface area contributed by atoms with Gasteiger partial charge in [0.05, 0.1) is 11.4 Å². The highest BCUT2D eigenvalue weighted by atomic mass is 35.5. The minimum Gasteiger partial charge on any atom is -0.356 e. The van der Waals surface area contributed by atoms with Gasteiger partial charge in [-0.2, -0.15) is 0 Å². The van der Waals surface area contributed by atoms with Crippen molar-refractivity contribution in [1.29, 1.82) is 0 Å². The highest BCUT2D eigenvalue weighted by Gasteiger charge is 2.41. The number of hydrogen-bond donors (Lipinski definition) is 2. The number of anilines is 2. The van der Waals surface area contributed by atoms with Gasteiger partial charge >= 0.3 is 0 Å². The molecular formula is C20H19ClFN3O2. The van der Waals surface area contributed by atoms with Crippen LogP contribution in [0.15, 0.2) is 42.5 Å². The second kappa shape index (κ2) is 7.19. The van der Waals surface area contributed by atoms with Gasteiger partial charge in [0.2, 0.25) is 11.8 Å². The number of carbonyl (C=O) groups excluding carboxylic acids is 2. The number of rotatable bonds is 4. The highest BCUT2D eigenvalue weighted by Crippen LogP contribution is 2.36. The summed E-state index contributed by atoms with van der Waals surface area (Å²) in [4.78, 5) is 26.7. The van der Waals surface area contributed by atoms with Crippen molar-refractivity contribution in [3.05, 3.63) is 58.9 Å². The molecule has 0 bridgehead atoms. The van der Waals surface area contributed by atoms with Crippen LogP contribution in [0, 0.1) is 5.82 Å². The Bertz CT molecular complexity index is 884. The third kappa shape index (κ3) is 3.49. The average molecular weight is 388 g/mol. The van der Waals surface area contributed by atoms with Crippen molar-refractivity contribution in [2.24, 2.45) is 0 Å². The van der Waals surface area contributed by atoms with Gasteiger partial charge in [-0.05, 0) is 37.1 Å². The van der Waals surface area contributed by atoms with Crippen LogP contribution in [-0.2, 0) is 16.0 Å². The predicted octanol–water partition coefficient (Wildman–Crippen LogP) is 3.13. The van der Waals surface area contributed by atoms with Gasteiger partial charge in [-0.3, -0.25) is 9.59 Å². The molecule has 2 aliphatic rings. The first-order valence-corrected chi connectivity index (χ1v) is 9.29. The van der Waals surface area contributed by atoms with E-state index in [1.807, 2.05) is 29.2 Å².